The molecule has 0 saturated heterocycles. The lowest BCUT2D eigenvalue weighted by Crippen LogP contribution is -2.08. The lowest BCUT2D eigenvalue weighted by molar-refractivity contribution is -0.141. The topological polar surface area (TPSA) is 35.5 Å². The summed E-state index contributed by atoms with van der Waals surface area (Å²) in [6.45, 7) is 6.13. The van der Waals surface area contributed by atoms with Crippen molar-refractivity contribution < 1.29 is 14.3 Å². The Labute approximate surface area is 116 Å². The minimum atomic E-state index is -0.354. The Morgan fingerprint density at radius 1 is 1.44 bits per heavy atom. The monoisotopic (exact) mass is 312 g/mol. The molecule has 0 heterocycles. The zero-order chi connectivity index (χ0) is 13.5. The standard InChI is InChI=1S/C14H17BrO3/c1-4-17-13-7-6-12(15)9-11(13)5-8-14(16)18-10(2)3/h5-10H,4H2,1-3H3. The van der Waals surface area contributed by atoms with Gasteiger partial charge in [0.05, 0.1) is 12.7 Å². The first-order valence-corrected chi connectivity index (χ1v) is 6.63. The van der Waals surface area contributed by atoms with Crippen LogP contribution in [0.5, 0.6) is 5.75 Å². The van der Waals surface area contributed by atoms with Gasteiger partial charge in [0.2, 0.25) is 0 Å². The van der Waals surface area contributed by atoms with Crippen LogP contribution in [0.1, 0.15) is 26.3 Å². The van der Waals surface area contributed by atoms with Crippen LogP contribution < -0.4 is 4.74 Å². The third-order valence-corrected chi connectivity index (χ3v) is 2.52. The molecule has 0 aliphatic rings. The second-order valence-electron chi connectivity index (χ2n) is 3.93. The lowest BCUT2D eigenvalue weighted by Gasteiger charge is -2.08. The van der Waals surface area contributed by atoms with Gasteiger partial charge in [-0.25, -0.2) is 4.79 Å². The molecule has 0 aliphatic heterocycles. The van der Waals surface area contributed by atoms with Gasteiger partial charge in [0.25, 0.3) is 0 Å². The summed E-state index contributed by atoms with van der Waals surface area (Å²) in [5.41, 5.74) is 0.840. The van der Waals surface area contributed by atoms with Gasteiger partial charge in [0.1, 0.15) is 5.75 Å². The maximum Gasteiger partial charge on any atom is 0.331 e. The molecule has 0 saturated carbocycles. The van der Waals surface area contributed by atoms with Crippen molar-refractivity contribution in [1.29, 1.82) is 0 Å². The number of halogens is 1. The molecule has 0 unspecified atom stereocenters. The van der Waals surface area contributed by atoms with Crippen LogP contribution in [0.2, 0.25) is 0 Å². The number of rotatable bonds is 5. The Morgan fingerprint density at radius 2 is 2.17 bits per heavy atom. The van der Waals surface area contributed by atoms with Crippen LogP contribution in [0.3, 0.4) is 0 Å². The predicted octanol–water partition coefficient (Wildman–Crippen LogP) is 3.81. The van der Waals surface area contributed by atoms with E-state index < -0.39 is 0 Å². The van der Waals surface area contributed by atoms with Crippen molar-refractivity contribution in [2.45, 2.75) is 26.9 Å². The zero-order valence-electron chi connectivity index (χ0n) is 10.8. The van der Waals surface area contributed by atoms with E-state index in [1.54, 1.807) is 6.08 Å². The first-order valence-electron chi connectivity index (χ1n) is 5.84. The number of benzene rings is 1. The highest BCUT2D eigenvalue weighted by Gasteiger charge is 2.04. The van der Waals surface area contributed by atoms with Crippen molar-refractivity contribution in [2.75, 3.05) is 6.61 Å². The van der Waals surface area contributed by atoms with E-state index in [0.717, 1.165) is 15.8 Å². The maximum atomic E-state index is 11.4. The summed E-state index contributed by atoms with van der Waals surface area (Å²) in [4.78, 5) is 11.4. The number of carbonyl (C=O) groups is 1. The van der Waals surface area contributed by atoms with Crippen LogP contribution in [-0.4, -0.2) is 18.7 Å². The Morgan fingerprint density at radius 3 is 2.78 bits per heavy atom. The quantitative estimate of drug-likeness (QED) is 0.612. The zero-order valence-corrected chi connectivity index (χ0v) is 12.4. The number of esters is 1. The highest BCUT2D eigenvalue weighted by Crippen LogP contribution is 2.24. The SMILES string of the molecule is CCOc1ccc(Br)cc1C=CC(=O)OC(C)C. The molecule has 0 spiro atoms. The summed E-state index contributed by atoms with van der Waals surface area (Å²) in [6.07, 6.45) is 2.99. The van der Waals surface area contributed by atoms with Crippen LogP contribution >= 0.6 is 15.9 Å². The van der Waals surface area contributed by atoms with E-state index in [-0.39, 0.29) is 12.1 Å². The van der Waals surface area contributed by atoms with Crippen molar-refractivity contribution in [1.82, 2.24) is 0 Å². The number of carbonyl (C=O) groups excluding carboxylic acids is 1. The van der Waals surface area contributed by atoms with Crippen LogP contribution in [0.4, 0.5) is 0 Å². The molecule has 1 rings (SSSR count). The van der Waals surface area contributed by atoms with Crippen molar-refractivity contribution in [3.63, 3.8) is 0 Å². The van der Waals surface area contributed by atoms with Gasteiger partial charge >= 0.3 is 5.97 Å². The molecule has 0 aromatic heterocycles. The van der Waals surface area contributed by atoms with Gasteiger partial charge in [0, 0.05) is 16.1 Å². The molecule has 1 aromatic carbocycles. The first kappa shape index (κ1) is 14.8. The minimum Gasteiger partial charge on any atom is -0.493 e. The molecule has 0 amide bonds. The van der Waals surface area contributed by atoms with Gasteiger partial charge in [-0.15, -0.1) is 0 Å². The van der Waals surface area contributed by atoms with Gasteiger partial charge in [-0.3, -0.25) is 0 Å². The Hall–Kier alpha value is -1.29. The normalized spacial score (nSPS) is 10.9. The summed E-state index contributed by atoms with van der Waals surface area (Å²) in [6, 6.07) is 5.65. The van der Waals surface area contributed by atoms with Gasteiger partial charge in [-0.05, 0) is 45.0 Å². The molecule has 0 radical (unpaired) electrons. The molecule has 0 fully saturated rings. The van der Waals surface area contributed by atoms with Crippen molar-refractivity contribution >= 4 is 28.0 Å². The molecule has 3 nitrogen and oxygen atoms in total. The molecular weight excluding hydrogens is 296 g/mol. The summed E-state index contributed by atoms with van der Waals surface area (Å²) in [7, 11) is 0. The minimum absolute atomic E-state index is 0.115. The van der Waals surface area contributed by atoms with Crippen molar-refractivity contribution in [3.05, 3.63) is 34.3 Å². The third kappa shape index (κ3) is 4.92. The van der Waals surface area contributed by atoms with Crippen LogP contribution in [0, 0.1) is 0 Å². The molecule has 4 heteroatoms. The molecular formula is C14H17BrO3. The second-order valence-corrected chi connectivity index (χ2v) is 4.85. The average Bonchev–Trinajstić information content (AvgIpc) is 2.29. The van der Waals surface area contributed by atoms with E-state index in [9.17, 15) is 4.79 Å². The summed E-state index contributed by atoms with van der Waals surface area (Å²) in [5, 5.41) is 0. The maximum absolute atomic E-state index is 11.4. The summed E-state index contributed by atoms with van der Waals surface area (Å²) >= 11 is 3.39. The van der Waals surface area contributed by atoms with Crippen molar-refractivity contribution in [2.24, 2.45) is 0 Å². The van der Waals surface area contributed by atoms with Crippen LogP contribution in [0.25, 0.3) is 6.08 Å². The Kier molecular flexibility index (Phi) is 5.92. The molecule has 1 aromatic rings. The highest BCUT2D eigenvalue weighted by molar-refractivity contribution is 9.10. The van der Waals surface area contributed by atoms with E-state index in [0.29, 0.717) is 6.61 Å². The largest absolute Gasteiger partial charge is 0.493 e. The average molecular weight is 313 g/mol. The van der Waals surface area contributed by atoms with E-state index in [2.05, 4.69) is 15.9 Å². The summed E-state index contributed by atoms with van der Waals surface area (Å²) < 4.78 is 11.4. The fourth-order valence-corrected chi connectivity index (χ4v) is 1.74. The fraction of sp³-hybridized carbons (Fsp3) is 0.357. The molecule has 18 heavy (non-hydrogen) atoms. The van der Waals surface area contributed by atoms with E-state index in [1.807, 2.05) is 39.0 Å². The van der Waals surface area contributed by atoms with Crippen LogP contribution in [-0.2, 0) is 9.53 Å². The van der Waals surface area contributed by atoms with Crippen LogP contribution in [0.15, 0.2) is 28.7 Å². The lowest BCUT2D eigenvalue weighted by atomic mass is 10.2. The predicted molar refractivity (Wildman–Crippen MR) is 75.6 cm³/mol. The molecule has 98 valence electrons. The van der Waals surface area contributed by atoms with Gasteiger partial charge in [-0.1, -0.05) is 15.9 Å². The Bertz CT molecular complexity index is 439. The molecule has 0 atom stereocenters. The van der Waals surface area contributed by atoms with E-state index >= 15 is 0 Å². The first-order chi connectivity index (χ1) is 8.52. The second kappa shape index (κ2) is 7.21. The number of hydrogen-bond acceptors (Lipinski definition) is 3. The fourth-order valence-electron chi connectivity index (χ4n) is 1.37. The molecule has 0 N–H and O–H groups in total. The highest BCUT2D eigenvalue weighted by atomic mass is 79.9. The van der Waals surface area contributed by atoms with Gasteiger partial charge in [-0.2, -0.15) is 0 Å². The van der Waals surface area contributed by atoms with E-state index in [4.69, 9.17) is 9.47 Å². The Balaban J connectivity index is 2.84. The molecule has 0 bridgehead atoms. The third-order valence-electron chi connectivity index (χ3n) is 2.02. The molecule has 0 aliphatic carbocycles. The smallest absolute Gasteiger partial charge is 0.331 e. The number of ether oxygens (including phenoxy) is 2. The number of hydrogen-bond donors (Lipinski definition) is 0. The van der Waals surface area contributed by atoms with Crippen molar-refractivity contribution in [3.8, 4) is 5.75 Å². The van der Waals surface area contributed by atoms with Gasteiger partial charge in [0.15, 0.2) is 0 Å². The van der Waals surface area contributed by atoms with E-state index in [1.165, 1.54) is 6.08 Å². The van der Waals surface area contributed by atoms with Gasteiger partial charge < -0.3 is 9.47 Å². The summed E-state index contributed by atoms with van der Waals surface area (Å²) in [5.74, 6) is 0.390.